The highest BCUT2D eigenvalue weighted by molar-refractivity contribution is 5.89. The van der Waals surface area contributed by atoms with E-state index < -0.39 is 5.97 Å². The molecular formula is C12H14O3. The van der Waals surface area contributed by atoms with Crippen molar-refractivity contribution in [1.82, 2.24) is 0 Å². The number of ether oxygens (including phenoxy) is 1. The number of methoxy groups -OCH3 is 1. The van der Waals surface area contributed by atoms with Crippen LogP contribution < -0.4 is 0 Å². The number of aliphatic hydroxyl groups is 1. The van der Waals surface area contributed by atoms with E-state index in [-0.39, 0.29) is 5.76 Å². The van der Waals surface area contributed by atoms with Crippen LogP contribution in [0.2, 0.25) is 0 Å². The van der Waals surface area contributed by atoms with Gasteiger partial charge in [0.2, 0.25) is 0 Å². The van der Waals surface area contributed by atoms with E-state index in [1.807, 2.05) is 32.0 Å². The summed E-state index contributed by atoms with van der Waals surface area (Å²) in [4.78, 5) is 10.9. The minimum Gasteiger partial charge on any atom is -0.507 e. The van der Waals surface area contributed by atoms with Gasteiger partial charge in [-0.1, -0.05) is 17.7 Å². The Hall–Kier alpha value is -1.77. The fourth-order valence-electron chi connectivity index (χ4n) is 1.26. The second-order valence-corrected chi connectivity index (χ2v) is 3.37. The van der Waals surface area contributed by atoms with Crippen molar-refractivity contribution in [2.45, 2.75) is 13.8 Å². The molecule has 0 bridgehead atoms. The fraction of sp³-hybridized carbons (Fsp3) is 0.250. The van der Waals surface area contributed by atoms with Crippen molar-refractivity contribution in [2.24, 2.45) is 0 Å². The molecule has 80 valence electrons. The van der Waals surface area contributed by atoms with Crippen molar-refractivity contribution in [3.63, 3.8) is 0 Å². The van der Waals surface area contributed by atoms with Crippen LogP contribution >= 0.6 is 0 Å². The van der Waals surface area contributed by atoms with E-state index >= 15 is 0 Å². The largest absolute Gasteiger partial charge is 0.507 e. The number of aryl methyl sites for hydroxylation is 2. The number of hydrogen-bond donors (Lipinski definition) is 1. The molecule has 0 aliphatic heterocycles. The van der Waals surface area contributed by atoms with Gasteiger partial charge in [0.1, 0.15) is 5.76 Å². The van der Waals surface area contributed by atoms with Crippen molar-refractivity contribution in [3.8, 4) is 0 Å². The van der Waals surface area contributed by atoms with E-state index in [0.717, 1.165) is 17.2 Å². The lowest BCUT2D eigenvalue weighted by Crippen LogP contribution is -1.98. The molecule has 0 amide bonds. The second kappa shape index (κ2) is 4.64. The van der Waals surface area contributed by atoms with Crippen molar-refractivity contribution >= 4 is 11.7 Å². The Morgan fingerprint density at radius 2 is 2.07 bits per heavy atom. The molecule has 3 nitrogen and oxygen atoms in total. The van der Waals surface area contributed by atoms with Crippen LogP contribution in [0.5, 0.6) is 0 Å². The molecule has 0 aromatic heterocycles. The molecule has 0 unspecified atom stereocenters. The summed E-state index contributed by atoms with van der Waals surface area (Å²) in [5.74, 6) is -0.628. The maximum absolute atomic E-state index is 10.9. The SMILES string of the molecule is COC(=O)/C=C(\O)c1cc(C)ccc1C. The van der Waals surface area contributed by atoms with Gasteiger partial charge in [0.05, 0.1) is 13.2 Å². The second-order valence-electron chi connectivity index (χ2n) is 3.37. The third kappa shape index (κ3) is 2.84. The first kappa shape index (κ1) is 11.3. The van der Waals surface area contributed by atoms with Crippen LogP contribution in [0, 0.1) is 13.8 Å². The summed E-state index contributed by atoms with van der Waals surface area (Å²) < 4.78 is 4.44. The first-order valence-corrected chi connectivity index (χ1v) is 4.61. The first-order chi connectivity index (χ1) is 7.04. The molecule has 0 saturated carbocycles. The third-order valence-corrected chi connectivity index (χ3v) is 2.12. The van der Waals surface area contributed by atoms with Gasteiger partial charge in [0.15, 0.2) is 0 Å². The summed E-state index contributed by atoms with van der Waals surface area (Å²) in [7, 11) is 1.27. The zero-order chi connectivity index (χ0) is 11.4. The summed E-state index contributed by atoms with van der Waals surface area (Å²) in [6.07, 6.45) is 1.07. The first-order valence-electron chi connectivity index (χ1n) is 4.61. The highest BCUT2D eigenvalue weighted by Crippen LogP contribution is 2.18. The van der Waals surface area contributed by atoms with Crippen LogP contribution in [0.1, 0.15) is 16.7 Å². The number of hydrogen-bond acceptors (Lipinski definition) is 3. The zero-order valence-electron chi connectivity index (χ0n) is 9.07. The average Bonchev–Trinajstić information content (AvgIpc) is 2.21. The molecule has 0 aliphatic carbocycles. The molecule has 1 rings (SSSR count). The van der Waals surface area contributed by atoms with E-state index in [2.05, 4.69) is 4.74 Å². The highest BCUT2D eigenvalue weighted by Gasteiger charge is 2.06. The lowest BCUT2D eigenvalue weighted by atomic mass is 10.0. The Balaban J connectivity index is 3.10. The van der Waals surface area contributed by atoms with Gasteiger partial charge >= 0.3 is 5.97 Å². The lowest BCUT2D eigenvalue weighted by Gasteiger charge is -2.05. The Morgan fingerprint density at radius 1 is 1.40 bits per heavy atom. The minimum absolute atomic E-state index is 0.0666. The van der Waals surface area contributed by atoms with E-state index in [4.69, 9.17) is 0 Å². The number of rotatable bonds is 2. The molecule has 0 radical (unpaired) electrons. The number of benzene rings is 1. The quantitative estimate of drug-likeness (QED) is 0.459. The van der Waals surface area contributed by atoms with Crippen molar-refractivity contribution in [3.05, 3.63) is 41.0 Å². The normalized spacial score (nSPS) is 11.3. The van der Waals surface area contributed by atoms with Gasteiger partial charge in [-0.05, 0) is 25.5 Å². The predicted octanol–water partition coefficient (Wildman–Crippen LogP) is 2.38. The molecule has 1 aromatic carbocycles. The Bertz CT molecular complexity index is 405. The molecule has 0 heterocycles. The number of carbonyl (C=O) groups excluding carboxylic acids is 1. The number of carbonyl (C=O) groups is 1. The van der Waals surface area contributed by atoms with Crippen LogP contribution in [0.4, 0.5) is 0 Å². The molecule has 0 aliphatic rings. The van der Waals surface area contributed by atoms with Gasteiger partial charge in [-0.3, -0.25) is 0 Å². The van der Waals surface area contributed by atoms with Crippen LogP contribution in [0.25, 0.3) is 5.76 Å². The molecule has 15 heavy (non-hydrogen) atoms. The molecule has 0 fully saturated rings. The van der Waals surface area contributed by atoms with Gasteiger partial charge in [-0.15, -0.1) is 0 Å². The van der Waals surface area contributed by atoms with Crippen LogP contribution in [-0.4, -0.2) is 18.2 Å². The van der Waals surface area contributed by atoms with Gasteiger partial charge in [-0.25, -0.2) is 4.79 Å². The highest BCUT2D eigenvalue weighted by atomic mass is 16.5. The number of aliphatic hydroxyl groups excluding tert-OH is 1. The smallest absolute Gasteiger partial charge is 0.334 e. The molecule has 1 N–H and O–H groups in total. The van der Waals surface area contributed by atoms with Crippen molar-refractivity contribution in [1.29, 1.82) is 0 Å². The maximum atomic E-state index is 10.9. The maximum Gasteiger partial charge on any atom is 0.334 e. The van der Waals surface area contributed by atoms with E-state index in [1.54, 1.807) is 0 Å². The molecular weight excluding hydrogens is 192 g/mol. The van der Waals surface area contributed by atoms with Crippen LogP contribution in [-0.2, 0) is 9.53 Å². The molecule has 3 heteroatoms. The van der Waals surface area contributed by atoms with Crippen LogP contribution in [0.3, 0.4) is 0 Å². The predicted molar refractivity (Wildman–Crippen MR) is 58.5 cm³/mol. The molecule has 1 aromatic rings. The Morgan fingerprint density at radius 3 is 2.67 bits per heavy atom. The minimum atomic E-state index is -0.562. The lowest BCUT2D eigenvalue weighted by molar-refractivity contribution is -0.134. The van der Waals surface area contributed by atoms with E-state index in [9.17, 15) is 9.90 Å². The third-order valence-electron chi connectivity index (χ3n) is 2.12. The monoisotopic (exact) mass is 206 g/mol. The summed E-state index contributed by atoms with van der Waals surface area (Å²) in [6.45, 7) is 3.80. The van der Waals surface area contributed by atoms with Crippen molar-refractivity contribution < 1.29 is 14.6 Å². The van der Waals surface area contributed by atoms with Crippen LogP contribution in [0.15, 0.2) is 24.3 Å². The van der Waals surface area contributed by atoms with E-state index in [0.29, 0.717) is 5.56 Å². The van der Waals surface area contributed by atoms with Gasteiger partial charge in [0, 0.05) is 5.56 Å². The topological polar surface area (TPSA) is 46.5 Å². The summed E-state index contributed by atoms with van der Waals surface area (Å²) in [5.41, 5.74) is 2.60. The number of esters is 1. The van der Waals surface area contributed by atoms with E-state index in [1.165, 1.54) is 7.11 Å². The van der Waals surface area contributed by atoms with Gasteiger partial charge in [0.25, 0.3) is 0 Å². The average molecular weight is 206 g/mol. The fourth-order valence-corrected chi connectivity index (χ4v) is 1.26. The summed E-state index contributed by atoms with van der Waals surface area (Å²) in [6, 6.07) is 5.67. The zero-order valence-corrected chi connectivity index (χ0v) is 9.07. The van der Waals surface area contributed by atoms with Gasteiger partial charge < -0.3 is 9.84 Å². The Labute approximate surface area is 89.0 Å². The standard InChI is InChI=1S/C12H14O3/c1-8-4-5-9(2)10(6-8)11(13)7-12(14)15-3/h4-7,13H,1-3H3/b11-7-. The molecule has 0 spiro atoms. The Kier molecular flexibility index (Phi) is 3.50. The molecule has 0 saturated heterocycles. The summed E-state index contributed by atoms with van der Waals surface area (Å²) >= 11 is 0. The summed E-state index contributed by atoms with van der Waals surface area (Å²) in [5, 5.41) is 9.69. The molecule has 0 atom stereocenters. The van der Waals surface area contributed by atoms with Crippen molar-refractivity contribution in [2.75, 3.05) is 7.11 Å². The van der Waals surface area contributed by atoms with Gasteiger partial charge in [-0.2, -0.15) is 0 Å².